The predicted octanol–water partition coefficient (Wildman–Crippen LogP) is 0.226. The summed E-state index contributed by atoms with van der Waals surface area (Å²) in [6, 6.07) is 6.47. The van der Waals surface area contributed by atoms with Crippen molar-refractivity contribution in [2.24, 2.45) is 5.73 Å². The number of amides is 1. The van der Waals surface area contributed by atoms with E-state index in [0.29, 0.717) is 0 Å². The quantitative estimate of drug-likeness (QED) is 0.789. The average molecular weight is 256 g/mol. The van der Waals surface area contributed by atoms with E-state index in [1.807, 2.05) is 6.92 Å². The van der Waals surface area contributed by atoms with Gasteiger partial charge in [-0.1, -0.05) is 12.1 Å². The van der Waals surface area contributed by atoms with Crippen molar-refractivity contribution in [3.8, 4) is 0 Å². The highest BCUT2D eigenvalue weighted by atomic mass is 32.2. The van der Waals surface area contributed by atoms with Gasteiger partial charge < -0.3 is 11.1 Å². The summed E-state index contributed by atoms with van der Waals surface area (Å²) in [6.07, 6.45) is 1.16. The van der Waals surface area contributed by atoms with E-state index < -0.39 is 15.7 Å². The molecule has 3 N–H and O–H groups in total. The molecule has 5 nitrogen and oxygen atoms in total. The molecule has 0 fully saturated rings. The van der Waals surface area contributed by atoms with Crippen LogP contribution < -0.4 is 11.1 Å². The fourth-order valence-corrected chi connectivity index (χ4v) is 2.01. The first-order chi connectivity index (χ1) is 7.80. The second-order valence-corrected chi connectivity index (χ2v) is 5.93. The van der Waals surface area contributed by atoms with Crippen molar-refractivity contribution in [1.29, 1.82) is 0 Å². The summed E-state index contributed by atoms with van der Waals surface area (Å²) in [5.74, 6) is -0.426. The molecule has 6 heteroatoms. The van der Waals surface area contributed by atoms with Crippen LogP contribution in [-0.4, -0.2) is 27.1 Å². The van der Waals surface area contributed by atoms with Crippen LogP contribution in [0.15, 0.2) is 29.2 Å². The predicted molar refractivity (Wildman–Crippen MR) is 65.2 cm³/mol. The molecule has 0 aliphatic rings. The van der Waals surface area contributed by atoms with Gasteiger partial charge in [-0.2, -0.15) is 0 Å². The third kappa shape index (κ3) is 4.16. The number of carbonyl (C=O) groups is 1. The average Bonchev–Trinajstić information content (AvgIpc) is 2.25. The Morgan fingerprint density at radius 2 is 1.88 bits per heavy atom. The highest BCUT2D eigenvalue weighted by Crippen LogP contribution is 2.15. The van der Waals surface area contributed by atoms with Crippen LogP contribution >= 0.6 is 0 Å². The summed E-state index contributed by atoms with van der Waals surface area (Å²) in [5.41, 5.74) is 5.92. The van der Waals surface area contributed by atoms with Gasteiger partial charge in [-0.25, -0.2) is 8.42 Å². The molecular formula is C11H16N2O3S. The van der Waals surface area contributed by atoms with Crippen molar-refractivity contribution >= 4 is 15.7 Å². The Kier molecular flexibility index (Phi) is 4.25. The van der Waals surface area contributed by atoms with Gasteiger partial charge in [0.1, 0.15) is 0 Å². The third-order valence-corrected chi connectivity index (χ3v) is 3.52. The molecule has 94 valence electrons. The number of sulfone groups is 1. The Morgan fingerprint density at radius 3 is 2.29 bits per heavy atom. The number of primary amides is 1. The molecule has 0 spiro atoms. The van der Waals surface area contributed by atoms with Crippen molar-refractivity contribution in [2.45, 2.75) is 17.9 Å². The minimum atomic E-state index is -3.17. The third-order valence-electron chi connectivity index (χ3n) is 2.39. The van der Waals surface area contributed by atoms with Crippen molar-refractivity contribution in [3.63, 3.8) is 0 Å². The Morgan fingerprint density at radius 1 is 1.35 bits per heavy atom. The van der Waals surface area contributed by atoms with Crippen LogP contribution in [0.3, 0.4) is 0 Å². The molecule has 0 saturated carbocycles. The topological polar surface area (TPSA) is 89.3 Å². The van der Waals surface area contributed by atoms with Gasteiger partial charge in [0.25, 0.3) is 0 Å². The fraction of sp³-hybridized carbons (Fsp3) is 0.364. The van der Waals surface area contributed by atoms with Gasteiger partial charge >= 0.3 is 0 Å². The van der Waals surface area contributed by atoms with Gasteiger partial charge in [-0.05, 0) is 24.6 Å². The first kappa shape index (κ1) is 13.7. The summed E-state index contributed by atoms with van der Waals surface area (Å²) in [4.78, 5) is 10.9. The normalized spacial score (nSPS) is 13.3. The lowest BCUT2D eigenvalue weighted by Crippen LogP contribution is -2.30. The molecule has 0 aliphatic heterocycles. The molecule has 0 saturated heterocycles. The van der Waals surface area contributed by atoms with Crippen LogP contribution in [0.4, 0.5) is 0 Å². The molecule has 1 rings (SSSR count). The zero-order valence-electron chi connectivity index (χ0n) is 9.80. The molecule has 1 amide bonds. The summed E-state index contributed by atoms with van der Waals surface area (Å²) in [7, 11) is -3.17. The van der Waals surface area contributed by atoms with E-state index in [1.165, 1.54) is 0 Å². The number of nitrogens with two attached hydrogens (primary N) is 1. The van der Waals surface area contributed by atoms with Gasteiger partial charge in [0, 0.05) is 12.3 Å². The van der Waals surface area contributed by atoms with Crippen LogP contribution in [0.5, 0.6) is 0 Å². The Bertz CT molecular complexity index is 494. The monoisotopic (exact) mass is 256 g/mol. The summed E-state index contributed by atoms with van der Waals surface area (Å²) >= 11 is 0. The summed E-state index contributed by atoms with van der Waals surface area (Å²) in [5, 5.41) is 2.93. The van der Waals surface area contributed by atoms with E-state index in [1.54, 1.807) is 24.3 Å². The Balaban J connectivity index is 2.77. The maximum absolute atomic E-state index is 11.3. The lowest BCUT2D eigenvalue weighted by molar-refractivity contribution is -0.117. The largest absolute Gasteiger partial charge is 0.369 e. The van der Waals surface area contributed by atoms with Crippen LogP contribution in [0.25, 0.3) is 0 Å². The second-order valence-electron chi connectivity index (χ2n) is 3.91. The number of hydrogen-bond acceptors (Lipinski definition) is 4. The van der Waals surface area contributed by atoms with Gasteiger partial charge in [0.2, 0.25) is 5.91 Å². The second kappa shape index (κ2) is 5.29. The van der Waals surface area contributed by atoms with Crippen molar-refractivity contribution in [3.05, 3.63) is 29.8 Å². The first-order valence-corrected chi connectivity index (χ1v) is 7.01. The highest BCUT2D eigenvalue weighted by Gasteiger charge is 2.09. The molecule has 17 heavy (non-hydrogen) atoms. The molecule has 0 heterocycles. The maximum Gasteiger partial charge on any atom is 0.231 e. The number of carbonyl (C=O) groups excluding carboxylic acids is 1. The molecule has 0 bridgehead atoms. The fourth-order valence-electron chi connectivity index (χ4n) is 1.38. The van der Waals surface area contributed by atoms with Crippen LogP contribution in [0.1, 0.15) is 18.5 Å². The Labute approximate surface area is 101 Å². The van der Waals surface area contributed by atoms with Gasteiger partial charge in [-0.3, -0.25) is 4.79 Å². The van der Waals surface area contributed by atoms with Gasteiger partial charge in [-0.15, -0.1) is 0 Å². The zero-order chi connectivity index (χ0) is 13.1. The van der Waals surface area contributed by atoms with E-state index in [0.717, 1.165) is 11.8 Å². The van der Waals surface area contributed by atoms with Crippen molar-refractivity contribution in [2.75, 3.05) is 12.8 Å². The Hall–Kier alpha value is -1.40. The summed E-state index contributed by atoms with van der Waals surface area (Å²) < 4.78 is 22.5. The SMILES string of the molecule is CC(NCC(N)=O)c1ccc(S(C)(=O)=O)cc1. The van der Waals surface area contributed by atoms with E-state index in [4.69, 9.17) is 5.73 Å². The molecule has 1 unspecified atom stereocenters. The number of nitrogens with one attached hydrogen (secondary N) is 1. The van der Waals surface area contributed by atoms with Crippen molar-refractivity contribution in [1.82, 2.24) is 5.32 Å². The van der Waals surface area contributed by atoms with Crippen LogP contribution in [0.2, 0.25) is 0 Å². The smallest absolute Gasteiger partial charge is 0.231 e. The molecule has 1 aromatic rings. The minimum Gasteiger partial charge on any atom is -0.369 e. The molecule has 0 radical (unpaired) electrons. The van der Waals surface area contributed by atoms with E-state index >= 15 is 0 Å². The minimum absolute atomic E-state index is 0.0592. The van der Waals surface area contributed by atoms with Crippen LogP contribution in [-0.2, 0) is 14.6 Å². The zero-order valence-corrected chi connectivity index (χ0v) is 10.6. The molecular weight excluding hydrogens is 240 g/mol. The van der Waals surface area contributed by atoms with Gasteiger partial charge in [0.05, 0.1) is 11.4 Å². The van der Waals surface area contributed by atoms with E-state index in [2.05, 4.69) is 5.32 Å². The first-order valence-electron chi connectivity index (χ1n) is 5.12. The molecule has 0 aromatic heterocycles. The summed E-state index contributed by atoms with van der Waals surface area (Å²) in [6.45, 7) is 1.97. The number of hydrogen-bond donors (Lipinski definition) is 2. The molecule has 0 aliphatic carbocycles. The van der Waals surface area contributed by atoms with E-state index in [-0.39, 0.29) is 17.5 Å². The molecule has 1 aromatic carbocycles. The van der Waals surface area contributed by atoms with E-state index in [9.17, 15) is 13.2 Å². The lowest BCUT2D eigenvalue weighted by Gasteiger charge is -2.13. The molecule has 1 atom stereocenters. The maximum atomic E-state index is 11.3. The number of benzene rings is 1. The highest BCUT2D eigenvalue weighted by molar-refractivity contribution is 7.90. The lowest BCUT2D eigenvalue weighted by atomic mass is 10.1. The standard InChI is InChI=1S/C11H16N2O3S/c1-8(13-7-11(12)14)9-3-5-10(6-4-9)17(2,15)16/h3-6,8,13H,7H2,1-2H3,(H2,12,14). The van der Waals surface area contributed by atoms with Crippen molar-refractivity contribution < 1.29 is 13.2 Å². The van der Waals surface area contributed by atoms with Crippen LogP contribution in [0, 0.1) is 0 Å². The number of rotatable bonds is 5. The van der Waals surface area contributed by atoms with Gasteiger partial charge in [0.15, 0.2) is 9.84 Å².